The molecule has 0 unspecified atom stereocenters. The second-order valence-electron chi connectivity index (χ2n) is 4.24. The number of hydrogen-bond donors (Lipinski definition) is 1. The van der Waals surface area contributed by atoms with Crippen LogP contribution in [0, 0.1) is 6.92 Å². The van der Waals surface area contributed by atoms with Gasteiger partial charge >= 0.3 is 0 Å². The van der Waals surface area contributed by atoms with Crippen LogP contribution in [0.1, 0.15) is 20.8 Å². The van der Waals surface area contributed by atoms with Gasteiger partial charge in [0.15, 0.2) is 11.5 Å². The summed E-state index contributed by atoms with van der Waals surface area (Å²) in [5, 5.41) is 5.94. The number of hydrazone groups is 1. The van der Waals surface area contributed by atoms with E-state index < -0.39 is 0 Å². The van der Waals surface area contributed by atoms with Gasteiger partial charge in [-0.1, -0.05) is 0 Å². The maximum absolute atomic E-state index is 11.9. The highest BCUT2D eigenvalue weighted by Crippen LogP contribution is 2.32. The van der Waals surface area contributed by atoms with Crippen LogP contribution in [-0.4, -0.2) is 18.9 Å². The molecule has 0 saturated carbocycles. The lowest BCUT2D eigenvalue weighted by atomic mass is 10.2. The second kappa shape index (κ2) is 5.34. The maximum Gasteiger partial charge on any atom is 0.271 e. The lowest BCUT2D eigenvalue weighted by Crippen LogP contribution is -2.17. The van der Waals surface area contributed by atoms with Crippen molar-refractivity contribution in [1.29, 1.82) is 0 Å². The number of rotatable bonds is 3. The summed E-state index contributed by atoms with van der Waals surface area (Å²) in [5.41, 5.74) is 4.11. The Morgan fingerprint density at radius 1 is 1.35 bits per heavy atom. The first-order valence-corrected chi connectivity index (χ1v) is 6.89. The molecule has 1 amide bonds. The number of thiophene rings is 1. The van der Waals surface area contributed by atoms with Crippen molar-refractivity contribution in [2.24, 2.45) is 5.10 Å². The van der Waals surface area contributed by atoms with Gasteiger partial charge in [-0.05, 0) is 42.1 Å². The normalized spacial score (nSPS) is 12.8. The minimum Gasteiger partial charge on any atom is -0.454 e. The van der Waals surface area contributed by atoms with Crippen molar-refractivity contribution < 1.29 is 14.3 Å². The van der Waals surface area contributed by atoms with E-state index in [0.717, 1.165) is 10.4 Å². The van der Waals surface area contributed by atoms with Crippen molar-refractivity contribution >= 4 is 23.5 Å². The number of ether oxygens (including phenoxy) is 2. The summed E-state index contributed by atoms with van der Waals surface area (Å²) >= 11 is 1.58. The predicted octanol–water partition coefficient (Wildman–Crippen LogP) is 2.55. The Morgan fingerprint density at radius 2 is 2.20 bits per heavy atom. The lowest BCUT2D eigenvalue weighted by Gasteiger charge is -2.01. The largest absolute Gasteiger partial charge is 0.454 e. The first-order valence-electron chi connectivity index (χ1n) is 6.01. The van der Waals surface area contributed by atoms with Crippen LogP contribution >= 0.6 is 11.3 Å². The van der Waals surface area contributed by atoms with Gasteiger partial charge in [-0.3, -0.25) is 4.79 Å². The van der Waals surface area contributed by atoms with Crippen LogP contribution in [0.2, 0.25) is 0 Å². The fraction of sp³-hybridized carbons (Fsp3) is 0.143. The Kier molecular flexibility index (Phi) is 3.39. The maximum atomic E-state index is 11.9. The van der Waals surface area contributed by atoms with Gasteiger partial charge in [-0.2, -0.15) is 5.10 Å². The average molecular weight is 288 g/mol. The van der Waals surface area contributed by atoms with E-state index in [9.17, 15) is 4.79 Å². The molecule has 20 heavy (non-hydrogen) atoms. The number of benzene rings is 1. The average Bonchev–Trinajstić information content (AvgIpc) is 3.07. The summed E-state index contributed by atoms with van der Waals surface area (Å²) in [5.74, 6) is 0.948. The number of carbonyl (C=O) groups is 1. The third-order valence-corrected chi connectivity index (χ3v) is 3.84. The first kappa shape index (κ1) is 12.7. The molecule has 0 spiro atoms. The Labute approximate surface area is 119 Å². The molecule has 3 rings (SSSR count). The minimum absolute atomic E-state index is 0.191. The van der Waals surface area contributed by atoms with Crippen molar-refractivity contribution in [3.8, 4) is 11.5 Å². The topological polar surface area (TPSA) is 59.9 Å². The molecule has 0 bridgehead atoms. The van der Waals surface area contributed by atoms with Crippen molar-refractivity contribution in [2.75, 3.05) is 6.79 Å². The number of fused-ring (bicyclic) bond motifs is 1. The third-order valence-electron chi connectivity index (χ3n) is 2.88. The van der Waals surface area contributed by atoms with E-state index in [1.54, 1.807) is 35.8 Å². The lowest BCUT2D eigenvalue weighted by molar-refractivity contribution is 0.0954. The first-order chi connectivity index (χ1) is 9.74. The van der Waals surface area contributed by atoms with Crippen molar-refractivity contribution in [2.45, 2.75) is 6.92 Å². The Balaban J connectivity index is 1.68. The van der Waals surface area contributed by atoms with Gasteiger partial charge in [0.05, 0.1) is 6.21 Å². The predicted molar refractivity (Wildman–Crippen MR) is 76.7 cm³/mol. The smallest absolute Gasteiger partial charge is 0.271 e. The molecule has 1 aliphatic rings. The van der Waals surface area contributed by atoms with Crippen LogP contribution < -0.4 is 14.9 Å². The molecule has 0 aliphatic carbocycles. The molecule has 5 nitrogen and oxygen atoms in total. The molecule has 102 valence electrons. The molecule has 2 heterocycles. The van der Waals surface area contributed by atoms with Gasteiger partial charge < -0.3 is 9.47 Å². The molecule has 1 N–H and O–H groups in total. The fourth-order valence-electron chi connectivity index (χ4n) is 1.77. The molecular weight excluding hydrogens is 276 g/mol. The molecule has 1 aromatic carbocycles. The van der Waals surface area contributed by atoms with Crippen LogP contribution in [0.4, 0.5) is 0 Å². The van der Waals surface area contributed by atoms with E-state index in [0.29, 0.717) is 17.1 Å². The molecule has 2 aromatic rings. The Bertz CT molecular complexity index is 679. The van der Waals surface area contributed by atoms with Crippen molar-refractivity contribution in [3.63, 3.8) is 0 Å². The standard InChI is InChI=1S/C14H12N2O3S/c1-9-4-5-20-13(9)7-15-16-14(17)10-2-3-11-12(6-10)19-8-18-11/h2-7H,8H2,1H3,(H,16,17)/b15-7+. The van der Waals surface area contributed by atoms with Crippen molar-refractivity contribution in [3.05, 3.63) is 45.6 Å². The fourth-order valence-corrected chi connectivity index (χ4v) is 2.55. The van der Waals surface area contributed by atoms with E-state index in [1.165, 1.54) is 0 Å². The zero-order valence-corrected chi connectivity index (χ0v) is 11.6. The SMILES string of the molecule is Cc1ccsc1/C=N/NC(=O)c1ccc2c(c1)OCO2. The van der Waals surface area contributed by atoms with E-state index in [-0.39, 0.29) is 12.7 Å². The third kappa shape index (κ3) is 2.50. The molecule has 0 fully saturated rings. The summed E-state index contributed by atoms with van der Waals surface area (Å²) in [6, 6.07) is 7.04. The van der Waals surface area contributed by atoms with Gasteiger partial charge in [0.2, 0.25) is 6.79 Å². The van der Waals surface area contributed by atoms with Crippen LogP contribution in [0.25, 0.3) is 0 Å². The molecule has 0 saturated heterocycles. The minimum atomic E-state index is -0.284. The number of nitrogens with one attached hydrogen (secondary N) is 1. The number of nitrogens with zero attached hydrogens (tertiary/aromatic N) is 1. The highest BCUT2D eigenvalue weighted by molar-refractivity contribution is 7.11. The molecule has 0 radical (unpaired) electrons. The molecule has 0 atom stereocenters. The van der Waals surface area contributed by atoms with E-state index >= 15 is 0 Å². The number of aryl methyl sites for hydroxylation is 1. The number of hydrogen-bond acceptors (Lipinski definition) is 5. The van der Waals surface area contributed by atoms with Crippen LogP contribution in [0.5, 0.6) is 11.5 Å². The Hall–Kier alpha value is -2.34. The summed E-state index contributed by atoms with van der Waals surface area (Å²) in [7, 11) is 0. The monoisotopic (exact) mass is 288 g/mol. The van der Waals surface area contributed by atoms with Crippen LogP contribution in [-0.2, 0) is 0 Å². The molecule has 1 aliphatic heterocycles. The van der Waals surface area contributed by atoms with E-state index in [2.05, 4.69) is 10.5 Å². The van der Waals surface area contributed by atoms with E-state index in [4.69, 9.17) is 9.47 Å². The zero-order valence-electron chi connectivity index (χ0n) is 10.8. The molecule has 6 heteroatoms. The Morgan fingerprint density at radius 3 is 3.00 bits per heavy atom. The van der Waals surface area contributed by atoms with Crippen LogP contribution in [0.3, 0.4) is 0 Å². The highest BCUT2D eigenvalue weighted by atomic mass is 32.1. The number of carbonyl (C=O) groups excluding carboxylic acids is 1. The van der Waals surface area contributed by atoms with Gasteiger partial charge in [0.25, 0.3) is 5.91 Å². The highest BCUT2D eigenvalue weighted by Gasteiger charge is 2.15. The van der Waals surface area contributed by atoms with Gasteiger partial charge in [-0.15, -0.1) is 11.3 Å². The van der Waals surface area contributed by atoms with Crippen LogP contribution in [0.15, 0.2) is 34.7 Å². The summed E-state index contributed by atoms with van der Waals surface area (Å²) in [6.45, 7) is 2.19. The van der Waals surface area contributed by atoms with Gasteiger partial charge in [-0.25, -0.2) is 5.43 Å². The van der Waals surface area contributed by atoms with Gasteiger partial charge in [0.1, 0.15) is 0 Å². The van der Waals surface area contributed by atoms with Gasteiger partial charge in [0, 0.05) is 10.4 Å². The zero-order chi connectivity index (χ0) is 13.9. The summed E-state index contributed by atoms with van der Waals surface area (Å²) < 4.78 is 10.4. The quantitative estimate of drug-likeness (QED) is 0.697. The second-order valence-corrected chi connectivity index (χ2v) is 5.18. The number of amides is 1. The molecular formula is C14H12N2O3S. The van der Waals surface area contributed by atoms with Crippen molar-refractivity contribution in [1.82, 2.24) is 5.43 Å². The van der Waals surface area contributed by atoms with E-state index in [1.807, 2.05) is 18.4 Å². The summed E-state index contributed by atoms with van der Waals surface area (Å²) in [6.07, 6.45) is 1.64. The molecule has 1 aromatic heterocycles. The summed E-state index contributed by atoms with van der Waals surface area (Å²) in [4.78, 5) is 13.0.